The van der Waals surface area contributed by atoms with Crippen molar-refractivity contribution in [2.75, 3.05) is 13.7 Å². The Labute approximate surface area is 125 Å². The van der Waals surface area contributed by atoms with Crippen LogP contribution in [0, 0.1) is 13.8 Å². The molecule has 1 rings (SSSR count). The molecule has 0 saturated heterocycles. The summed E-state index contributed by atoms with van der Waals surface area (Å²) in [5.41, 5.74) is 1.10. The number of sulfonamides is 1. The number of methoxy groups -OCH3 is 1. The molecule has 0 fully saturated rings. The van der Waals surface area contributed by atoms with Crippen LogP contribution in [-0.4, -0.2) is 34.1 Å². The van der Waals surface area contributed by atoms with E-state index in [4.69, 9.17) is 9.47 Å². The third kappa shape index (κ3) is 4.18. The van der Waals surface area contributed by atoms with Crippen LogP contribution >= 0.6 is 0 Å². The fraction of sp³-hybridized carbons (Fsp3) is 0.500. The number of esters is 1. The number of rotatable bonds is 6. The lowest BCUT2D eigenvalue weighted by atomic mass is 10.1. The van der Waals surface area contributed by atoms with Gasteiger partial charge in [-0.05, 0) is 51.0 Å². The fourth-order valence-corrected chi connectivity index (χ4v) is 3.70. The summed E-state index contributed by atoms with van der Waals surface area (Å²) < 4.78 is 37.1. The van der Waals surface area contributed by atoms with Crippen molar-refractivity contribution in [1.29, 1.82) is 0 Å². The monoisotopic (exact) mass is 315 g/mol. The number of carbonyl (C=O) groups is 1. The highest BCUT2D eigenvalue weighted by Crippen LogP contribution is 2.25. The molecule has 21 heavy (non-hydrogen) atoms. The molecule has 1 N–H and O–H groups in total. The maximum Gasteiger partial charge on any atom is 0.323 e. The Balaban J connectivity index is 3.12. The van der Waals surface area contributed by atoms with Gasteiger partial charge in [0.15, 0.2) is 0 Å². The molecule has 0 aliphatic heterocycles. The molecule has 6 nitrogen and oxygen atoms in total. The summed E-state index contributed by atoms with van der Waals surface area (Å²) in [4.78, 5) is 11.7. The second-order valence-corrected chi connectivity index (χ2v) is 6.34. The predicted molar refractivity (Wildman–Crippen MR) is 78.9 cm³/mol. The standard InChI is InChI=1S/C14H21NO5S/c1-6-20-14(16)11(4)15-21(17,18)13-9(2)7-12(19-5)8-10(13)3/h7-8,11,15H,6H2,1-5H3. The second-order valence-electron chi connectivity index (χ2n) is 4.69. The van der Waals surface area contributed by atoms with Crippen LogP contribution < -0.4 is 9.46 Å². The molecule has 1 atom stereocenters. The third-order valence-corrected chi connectivity index (χ3v) is 4.76. The van der Waals surface area contributed by atoms with Crippen molar-refractivity contribution in [3.05, 3.63) is 23.3 Å². The Morgan fingerprint density at radius 1 is 1.29 bits per heavy atom. The molecule has 0 aliphatic carbocycles. The summed E-state index contributed by atoms with van der Waals surface area (Å²) >= 11 is 0. The molecule has 0 spiro atoms. The maximum absolute atomic E-state index is 12.4. The zero-order valence-corrected chi connectivity index (χ0v) is 13.7. The van der Waals surface area contributed by atoms with Gasteiger partial charge in [-0.3, -0.25) is 4.79 Å². The zero-order chi connectivity index (χ0) is 16.2. The normalized spacial score (nSPS) is 12.8. The average molecular weight is 315 g/mol. The lowest BCUT2D eigenvalue weighted by Crippen LogP contribution is -2.40. The van der Waals surface area contributed by atoms with Gasteiger partial charge in [-0.25, -0.2) is 8.42 Å². The van der Waals surface area contributed by atoms with Gasteiger partial charge in [0.05, 0.1) is 18.6 Å². The lowest BCUT2D eigenvalue weighted by molar-refractivity contribution is -0.144. The molecule has 0 radical (unpaired) electrons. The molecule has 0 bridgehead atoms. The molecule has 0 amide bonds. The van der Waals surface area contributed by atoms with Crippen LogP contribution in [0.5, 0.6) is 5.75 Å². The van der Waals surface area contributed by atoms with Crippen molar-refractivity contribution in [3.63, 3.8) is 0 Å². The second kappa shape index (κ2) is 6.91. The van der Waals surface area contributed by atoms with Gasteiger partial charge in [0.25, 0.3) is 0 Å². The van der Waals surface area contributed by atoms with Crippen LogP contribution in [0.4, 0.5) is 0 Å². The van der Waals surface area contributed by atoms with E-state index in [1.807, 2.05) is 0 Å². The van der Waals surface area contributed by atoms with E-state index in [0.717, 1.165) is 0 Å². The van der Waals surface area contributed by atoms with Crippen LogP contribution in [0.15, 0.2) is 17.0 Å². The largest absolute Gasteiger partial charge is 0.497 e. The van der Waals surface area contributed by atoms with Crippen molar-refractivity contribution in [2.24, 2.45) is 0 Å². The van der Waals surface area contributed by atoms with E-state index in [-0.39, 0.29) is 11.5 Å². The molecule has 1 aromatic carbocycles. The number of carbonyl (C=O) groups excluding carboxylic acids is 1. The van der Waals surface area contributed by atoms with Gasteiger partial charge in [-0.15, -0.1) is 0 Å². The van der Waals surface area contributed by atoms with Gasteiger partial charge in [-0.1, -0.05) is 0 Å². The summed E-state index contributed by atoms with van der Waals surface area (Å²) in [6.45, 7) is 6.67. The van der Waals surface area contributed by atoms with Crippen LogP contribution in [-0.2, 0) is 19.6 Å². The van der Waals surface area contributed by atoms with E-state index in [0.29, 0.717) is 16.9 Å². The molecule has 0 aliphatic rings. The van der Waals surface area contributed by atoms with Gasteiger partial charge >= 0.3 is 5.97 Å². The SMILES string of the molecule is CCOC(=O)C(C)NS(=O)(=O)c1c(C)cc(OC)cc1C. The Hall–Kier alpha value is -1.60. The zero-order valence-electron chi connectivity index (χ0n) is 12.9. The number of benzene rings is 1. The molecule has 118 valence electrons. The van der Waals surface area contributed by atoms with E-state index in [1.54, 1.807) is 32.9 Å². The van der Waals surface area contributed by atoms with E-state index >= 15 is 0 Å². The van der Waals surface area contributed by atoms with Crippen molar-refractivity contribution >= 4 is 16.0 Å². The number of aryl methyl sites for hydroxylation is 2. The predicted octanol–water partition coefficient (Wildman–Crippen LogP) is 1.54. The average Bonchev–Trinajstić information content (AvgIpc) is 2.36. The van der Waals surface area contributed by atoms with Gasteiger partial charge in [0, 0.05) is 0 Å². The minimum atomic E-state index is -3.82. The highest BCUT2D eigenvalue weighted by atomic mass is 32.2. The molecule has 1 aromatic rings. The first-order valence-corrected chi connectivity index (χ1v) is 8.05. The van der Waals surface area contributed by atoms with Crippen LogP contribution in [0.25, 0.3) is 0 Å². The van der Waals surface area contributed by atoms with E-state index in [9.17, 15) is 13.2 Å². The number of nitrogens with one attached hydrogen (secondary N) is 1. The van der Waals surface area contributed by atoms with Crippen molar-refractivity contribution < 1.29 is 22.7 Å². The molecular weight excluding hydrogens is 294 g/mol. The molecule has 1 unspecified atom stereocenters. The Kier molecular flexibility index (Phi) is 5.74. The molecular formula is C14H21NO5S. The minimum absolute atomic E-state index is 0.152. The van der Waals surface area contributed by atoms with E-state index in [2.05, 4.69) is 4.72 Å². The quantitative estimate of drug-likeness (QED) is 0.805. The maximum atomic E-state index is 12.4. The topological polar surface area (TPSA) is 81.7 Å². The van der Waals surface area contributed by atoms with E-state index in [1.165, 1.54) is 14.0 Å². The number of hydrogen-bond donors (Lipinski definition) is 1. The summed E-state index contributed by atoms with van der Waals surface area (Å²) in [5, 5.41) is 0. The van der Waals surface area contributed by atoms with Crippen molar-refractivity contribution in [2.45, 2.75) is 38.6 Å². The summed E-state index contributed by atoms with van der Waals surface area (Å²) in [7, 11) is -2.30. The molecule has 0 aromatic heterocycles. The van der Waals surface area contributed by atoms with Gasteiger partial charge < -0.3 is 9.47 Å². The first-order chi connectivity index (χ1) is 9.72. The van der Waals surface area contributed by atoms with Crippen molar-refractivity contribution in [1.82, 2.24) is 4.72 Å². The number of hydrogen-bond acceptors (Lipinski definition) is 5. The van der Waals surface area contributed by atoms with Crippen molar-refractivity contribution in [3.8, 4) is 5.75 Å². The highest BCUT2D eigenvalue weighted by Gasteiger charge is 2.26. The van der Waals surface area contributed by atoms with Gasteiger partial charge in [-0.2, -0.15) is 4.72 Å². The van der Waals surface area contributed by atoms with E-state index < -0.39 is 22.0 Å². The fourth-order valence-electron chi connectivity index (χ4n) is 2.06. The molecule has 0 saturated carbocycles. The highest BCUT2D eigenvalue weighted by molar-refractivity contribution is 7.89. The number of ether oxygens (including phenoxy) is 2. The summed E-state index contributed by atoms with van der Waals surface area (Å²) in [6, 6.07) is 2.32. The smallest absolute Gasteiger partial charge is 0.323 e. The molecule has 0 heterocycles. The first-order valence-electron chi connectivity index (χ1n) is 6.57. The van der Waals surface area contributed by atoms with Crippen LogP contribution in [0.1, 0.15) is 25.0 Å². The van der Waals surface area contributed by atoms with Gasteiger partial charge in [0.1, 0.15) is 11.8 Å². The first kappa shape index (κ1) is 17.5. The summed E-state index contributed by atoms with van der Waals surface area (Å²) in [5.74, 6) is -0.0210. The van der Waals surface area contributed by atoms with Crippen LogP contribution in [0.2, 0.25) is 0 Å². The van der Waals surface area contributed by atoms with Crippen LogP contribution in [0.3, 0.4) is 0 Å². The Morgan fingerprint density at radius 3 is 2.24 bits per heavy atom. The third-order valence-electron chi connectivity index (χ3n) is 2.91. The lowest BCUT2D eigenvalue weighted by Gasteiger charge is -2.16. The van der Waals surface area contributed by atoms with Gasteiger partial charge in [0.2, 0.25) is 10.0 Å². The Bertz CT molecular complexity index is 601. The molecule has 7 heteroatoms. The summed E-state index contributed by atoms with van der Waals surface area (Å²) in [6.07, 6.45) is 0. The Morgan fingerprint density at radius 2 is 1.81 bits per heavy atom. The minimum Gasteiger partial charge on any atom is -0.497 e.